The van der Waals surface area contributed by atoms with E-state index in [1.807, 2.05) is 25.5 Å². The van der Waals surface area contributed by atoms with Gasteiger partial charge < -0.3 is 5.11 Å². The van der Waals surface area contributed by atoms with Gasteiger partial charge in [-0.25, -0.2) is 8.42 Å². The van der Waals surface area contributed by atoms with Gasteiger partial charge in [0.1, 0.15) is 4.90 Å². The Kier molecular flexibility index (Phi) is 5.80. The molecular formula is C19H33N3O3S. The zero-order chi connectivity index (χ0) is 18.9. The average molecular weight is 384 g/mol. The molecule has 3 rings (SSSR count). The first kappa shape index (κ1) is 19.8. The van der Waals surface area contributed by atoms with Crippen LogP contribution in [-0.4, -0.2) is 46.8 Å². The second-order valence-corrected chi connectivity index (χ2v) is 10.6. The molecule has 1 aromatic heterocycles. The molecule has 0 spiro atoms. The van der Waals surface area contributed by atoms with E-state index in [0.29, 0.717) is 29.6 Å². The molecule has 0 radical (unpaired) electrons. The number of hydrogen-bond donors (Lipinski definition) is 1. The van der Waals surface area contributed by atoms with E-state index in [4.69, 9.17) is 5.10 Å². The van der Waals surface area contributed by atoms with Crippen LogP contribution < -0.4 is 0 Å². The van der Waals surface area contributed by atoms with Crippen molar-refractivity contribution in [1.29, 1.82) is 0 Å². The summed E-state index contributed by atoms with van der Waals surface area (Å²) in [4.78, 5) is 0.363. The molecule has 0 bridgehead atoms. The molecule has 1 saturated heterocycles. The van der Waals surface area contributed by atoms with Crippen LogP contribution in [-0.2, 0) is 15.4 Å². The molecule has 1 aliphatic heterocycles. The van der Waals surface area contributed by atoms with Crippen molar-refractivity contribution in [3.8, 4) is 0 Å². The zero-order valence-corrected chi connectivity index (χ0v) is 17.1. The number of piperidine rings is 1. The molecular weight excluding hydrogens is 350 g/mol. The van der Waals surface area contributed by atoms with Crippen molar-refractivity contribution in [2.75, 3.05) is 13.2 Å². The number of aliphatic hydroxyl groups is 1. The topological polar surface area (TPSA) is 75.4 Å². The van der Waals surface area contributed by atoms with E-state index in [9.17, 15) is 13.5 Å². The van der Waals surface area contributed by atoms with Crippen molar-refractivity contribution in [2.24, 2.45) is 0 Å². The highest BCUT2D eigenvalue weighted by Crippen LogP contribution is 2.36. The highest BCUT2D eigenvalue weighted by Gasteiger charge is 2.38. The van der Waals surface area contributed by atoms with E-state index >= 15 is 0 Å². The van der Waals surface area contributed by atoms with Gasteiger partial charge in [0.25, 0.3) is 0 Å². The summed E-state index contributed by atoms with van der Waals surface area (Å²) < 4.78 is 30.6. The quantitative estimate of drug-likeness (QED) is 0.847. The van der Waals surface area contributed by atoms with Gasteiger partial charge in [-0.1, -0.05) is 40.0 Å². The van der Waals surface area contributed by atoms with Gasteiger partial charge in [-0.3, -0.25) is 4.68 Å². The van der Waals surface area contributed by atoms with E-state index < -0.39 is 10.0 Å². The van der Waals surface area contributed by atoms with Crippen molar-refractivity contribution >= 4 is 10.0 Å². The number of aliphatic hydroxyl groups excluding tert-OH is 1. The predicted molar refractivity (Wildman–Crippen MR) is 102 cm³/mol. The van der Waals surface area contributed by atoms with E-state index in [2.05, 4.69) is 0 Å². The van der Waals surface area contributed by atoms with Crippen LogP contribution in [0.3, 0.4) is 0 Å². The second-order valence-electron chi connectivity index (χ2n) is 8.79. The molecule has 1 atom stereocenters. The molecule has 26 heavy (non-hydrogen) atoms. The van der Waals surface area contributed by atoms with Gasteiger partial charge in [0, 0.05) is 30.8 Å². The van der Waals surface area contributed by atoms with Crippen molar-refractivity contribution in [1.82, 2.24) is 14.1 Å². The largest absolute Gasteiger partial charge is 0.396 e. The fourth-order valence-corrected chi connectivity index (χ4v) is 6.35. The monoisotopic (exact) mass is 383 g/mol. The van der Waals surface area contributed by atoms with Gasteiger partial charge in [-0.15, -0.1) is 0 Å². The summed E-state index contributed by atoms with van der Waals surface area (Å²) in [6, 6.07) is 0.205. The van der Waals surface area contributed by atoms with Crippen molar-refractivity contribution in [3.63, 3.8) is 0 Å². The molecule has 148 valence electrons. The van der Waals surface area contributed by atoms with Crippen LogP contribution in [0.1, 0.15) is 83.9 Å². The SMILES string of the molecule is CC(C)(C)c1nn(C2CCCC2)cc1S(=O)(=O)N1CCCCC1CCO. The normalized spacial score (nSPS) is 23.6. The lowest BCUT2D eigenvalue weighted by atomic mass is 9.92. The Hall–Kier alpha value is -0.920. The number of aromatic nitrogens is 2. The van der Waals surface area contributed by atoms with Crippen molar-refractivity contribution in [2.45, 2.75) is 94.5 Å². The fourth-order valence-electron chi connectivity index (χ4n) is 4.29. The minimum Gasteiger partial charge on any atom is -0.396 e. The Morgan fingerprint density at radius 2 is 1.81 bits per heavy atom. The summed E-state index contributed by atoms with van der Waals surface area (Å²) in [5.74, 6) is 0. The average Bonchev–Trinajstić information content (AvgIpc) is 3.24. The molecule has 1 aliphatic carbocycles. The Morgan fingerprint density at radius 3 is 2.42 bits per heavy atom. The maximum absolute atomic E-state index is 13.6. The highest BCUT2D eigenvalue weighted by molar-refractivity contribution is 7.89. The van der Waals surface area contributed by atoms with Crippen LogP contribution in [0.25, 0.3) is 0 Å². The lowest BCUT2D eigenvalue weighted by Gasteiger charge is -2.34. The summed E-state index contributed by atoms with van der Waals surface area (Å²) in [5, 5.41) is 14.1. The van der Waals surface area contributed by atoms with Crippen LogP contribution in [0, 0.1) is 0 Å². The van der Waals surface area contributed by atoms with Gasteiger partial charge in [-0.2, -0.15) is 9.40 Å². The summed E-state index contributed by atoms with van der Waals surface area (Å²) in [6.07, 6.45) is 9.50. The first-order valence-corrected chi connectivity index (χ1v) is 11.4. The first-order chi connectivity index (χ1) is 12.2. The van der Waals surface area contributed by atoms with Crippen LogP contribution in [0.4, 0.5) is 0 Å². The molecule has 7 heteroatoms. The van der Waals surface area contributed by atoms with Crippen LogP contribution in [0.15, 0.2) is 11.1 Å². The molecule has 1 aromatic rings. The summed E-state index contributed by atoms with van der Waals surface area (Å²) in [7, 11) is -3.62. The Labute approximate surface area is 157 Å². The molecule has 2 aliphatic rings. The standard InChI is InChI=1S/C19H33N3O3S/c1-19(2,3)18-17(14-21(20-18)15-8-4-5-9-15)26(24,25)22-12-7-6-10-16(22)11-13-23/h14-16,23H,4-13H2,1-3H3. The highest BCUT2D eigenvalue weighted by atomic mass is 32.2. The number of hydrogen-bond acceptors (Lipinski definition) is 4. The third-order valence-electron chi connectivity index (χ3n) is 5.73. The maximum atomic E-state index is 13.6. The van der Waals surface area contributed by atoms with E-state index in [0.717, 1.165) is 32.1 Å². The van der Waals surface area contributed by atoms with Crippen LogP contribution >= 0.6 is 0 Å². The maximum Gasteiger partial charge on any atom is 0.246 e. The second kappa shape index (κ2) is 7.60. The van der Waals surface area contributed by atoms with Crippen molar-refractivity contribution < 1.29 is 13.5 Å². The number of nitrogens with zero attached hydrogens (tertiary/aromatic N) is 3. The van der Waals surface area contributed by atoms with Crippen molar-refractivity contribution in [3.05, 3.63) is 11.9 Å². The molecule has 0 amide bonds. The summed E-state index contributed by atoms with van der Waals surface area (Å²) >= 11 is 0. The van der Waals surface area contributed by atoms with Gasteiger partial charge in [0.15, 0.2) is 0 Å². The van der Waals surface area contributed by atoms with E-state index in [1.165, 1.54) is 12.8 Å². The minimum atomic E-state index is -3.62. The molecule has 6 nitrogen and oxygen atoms in total. The van der Waals surface area contributed by atoms with E-state index in [1.54, 1.807) is 10.5 Å². The first-order valence-electron chi connectivity index (χ1n) is 9.97. The van der Waals surface area contributed by atoms with Gasteiger partial charge >= 0.3 is 0 Å². The van der Waals surface area contributed by atoms with Gasteiger partial charge in [0.05, 0.1) is 11.7 Å². The van der Waals surface area contributed by atoms with Crippen LogP contribution in [0.2, 0.25) is 0 Å². The number of rotatable bonds is 5. The van der Waals surface area contributed by atoms with Gasteiger partial charge in [0.2, 0.25) is 10.0 Å². The molecule has 0 aromatic carbocycles. The zero-order valence-electron chi connectivity index (χ0n) is 16.3. The smallest absolute Gasteiger partial charge is 0.246 e. The fraction of sp³-hybridized carbons (Fsp3) is 0.842. The molecule has 2 heterocycles. The Balaban J connectivity index is 2.02. The molecule has 2 fully saturated rings. The summed E-state index contributed by atoms with van der Waals surface area (Å²) in [6.45, 7) is 6.62. The minimum absolute atomic E-state index is 0.0180. The Bertz CT molecular complexity index is 713. The van der Waals surface area contributed by atoms with Crippen LogP contribution in [0.5, 0.6) is 0 Å². The lowest BCUT2D eigenvalue weighted by Crippen LogP contribution is -2.44. The lowest BCUT2D eigenvalue weighted by molar-refractivity contribution is 0.192. The third kappa shape index (κ3) is 3.85. The predicted octanol–water partition coefficient (Wildman–Crippen LogP) is 3.22. The van der Waals surface area contributed by atoms with E-state index in [-0.39, 0.29) is 18.1 Å². The Morgan fingerprint density at radius 1 is 1.15 bits per heavy atom. The number of sulfonamides is 1. The molecule has 1 unspecified atom stereocenters. The summed E-state index contributed by atoms with van der Waals surface area (Å²) in [5.41, 5.74) is 0.326. The molecule has 1 N–H and O–H groups in total. The molecule has 1 saturated carbocycles. The van der Waals surface area contributed by atoms with Gasteiger partial charge in [-0.05, 0) is 32.1 Å². The third-order valence-corrected chi connectivity index (χ3v) is 7.68.